The van der Waals surface area contributed by atoms with Crippen LogP contribution >= 0.6 is 0 Å². The smallest absolute Gasteiger partial charge is 0.378 e. The van der Waals surface area contributed by atoms with Crippen LogP contribution in [-0.4, -0.2) is 31.3 Å². The number of rotatable bonds is 4. The van der Waals surface area contributed by atoms with Crippen LogP contribution in [0.15, 0.2) is 48.5 Å². The van der Waals surface area contributed by atoms with Gasteiger partial charge in [-0.25, -0.2) is 0 Å². The van der Waals surface area contributed by atoms with Crippen LogP contribution in [0, 0.1) is 0 Å². The highest BCUT2D eigenvalue weighted by atomic mass is 19.4. The molecule has 0 heterocycles. The highest BCUT2D eigenvalue weighted by Gasteiger charge is 2.71. The molecule has 0 amide bonds. The Morgan fingerprint density at radius 3 is 1.64 bits per heavy atom. The van der Waals surface area contributed by atoms with Gasteiger partial charge in [-0.2, -0.15) is 35.1 Å². The maximum Gasteiger partial charge on any atom is 0.457 e. The molecule has 0 saturated heterocycles. The van der Waals surface area contributed by atoms with Crippen LogP contribution in [0.3, 0.4) is 0 Å². The minimum Gasteiger partial charge on any atom is -0.378 e. The van der Waals surface area contributed by atoms with E-state index in [9.17, 15) is 40.2 Å². The van der Waals surface area contributed by atoms with E-state index in [0.29, 0.717) is 23.9 Å². The third-order valence-electron chi connectivity index (χ3n) is 4.22. The summed E-state index contributed by atoms with van der Waals surface area (Å²) in [6.07, 6.45) is -11.2. The molecule has 1 atom stereocenters. The summed E-state index contributed by atoms with van der Waals surface area (Å²) < 4.78 is 107. The van der Waals surface area contributed by atoms with Crippen molar-refractivity contribution in [2.24, 2.45) is 0 Å². The van der Waals surface area contributed by atoms with Crippen molar-refractivity contribution >= 4 is 5.69 Å². The number of hydrogen-bond donors (Lipinski definition) is 1. The van der Waals surface area contributed by atoms with Gasteiger partial charge in [0.15, 0.2) is 5.60 Å². The lowest BCUT2D eigenvalue weighted by molar-refractivity contribution is -0.336. The molecule has 0 aromatic heterocycles. The summed E-state index contributed by atoms with van der Waals surface area (Å²) in [5.74, 6) is -5.77. The molecule has 0 aliphatic heterocycles. The Labute approximate surface area is 155 Å². The van der Waals surface area contributed by atoms with Gasteiger partial charge < -0.3 is 10.0 Å². The normalized spacial score (nSPS) is 15.2. The lowest BCUT2D eigenvalue weighted by Gasteiger charge is -2.38. The lowest BCUT2D eigenvalue weighted by atomic mass is 9.79. The fourth-order valence-corrected chi connectivity index (χ4v) is 2.66. The van der Waals surface area contributed by atoms with Gasteiger partial charge in [-0.1, -0.05) is 24.3 Å². The number of benzene rings is 2. The second-order valence-corrected chi connectivity index (χ2v) is 6.30. The molecule has 2 aromatic carbocycles. The van der Waals surface area contributed by atoms with Crippen LogP contribution in [0.4, 0.5) is 40.8 Å². The summed E-state index contributed by atoms with van der Waals surface area (Å²) in [4.78, 5) is 1.52. The number of anilines is 1. The third kappa shape index (κ3) is 3.65. The van der Waals surface area contributed by atoms with E-state index in [1.54, 1.807) is 14.1 Å². The Morgan fingerprint density at radius 2 is 1.21 bits per heavy atom. The molecule has 2 aromatic rings. The van der Waals surface area contributed by atoms with Gasteiger partial charge in [0.25, 0.3) is 0 Å². The van der Waals surface area contributed by atoms with Gasteiger partial charge in [0.2, 0.25) is 0 Å². The number of alkyl halides is 8. The summed E-state index contributed by atoms with van der Waals surface area (Å²) in [6, 6.07) is 5.80. The first-order chi connectivity index (χ1) is 12.6. The monoisotopic (exact) mass is 413 g/mol. The van der Waals surface area contributed by atoms with E-state index in [0.717, 1.165) is 12.1 Å². The standard InChI is InChI=1S/C18H15F8NO/c1-27(2)14-8-6-11(7-9-14)15(28,17(22,23)18(24,25)26)12-4-3-5-13(10-12)16(19,20)21/h3-10,28H,1-2H3. The van der Waals surface area contributed by atoms with Gasteiger partial charge in [0.1, 0.15) is 0 Å². The summed E-state index contributed by atoms with van der Waals surface area (Å²) in [6.45, 7) is 0. The van der Waals surface area contributed by atoms with E-state index in [1.807, 2.05) is 0 Å². The van der Waals surface area contributed by atoms with E-state index in [2.05, 4.69) is 0 Å². The van der Waals surface area contributed by atoms with E-state index < -0.39 is 40.6 Å². The molecule has 0 saturated carbocycles. The molecular formula is C18H15F8NO. The molecular weight excluding hydrogens is 398 g/mol. The first-order valence-electron chi connectivity index (χ1n) is 7.75. The summed E-state index contributed by atoms with van der Waals surface area (Å²) in [7, 11) is 3.16. The molecule has 2 nitrogen and oxygen atoms in total. The van der Waals surface area contributed by atoms with Crippen LogP contribution in [0.1, 0.15) is 16.7 Å². The Hall–Kier alpha value is -2.36. The molecule has 0 spiro atoms. The summed E-state index contributed by atoms with van der Waals surface area (Å²) in [5.41, 5.74) is -7.25. The largest absolute Gasteiger partial charge is 0.457 e. The topological polar surface area (TPSA) is 23.5 Å². The maximum atomic E-state index is 14.4. The third-order valence-corrected chi connectivity index (χ3v) is 4.22. The van der Waals surface area contributed by atoms with Crippen molar-refractivity contribution in [2.45, 2.75) is 23.9 Å². The highest BCUT2D eigenvalue weighted by molar-refractivity contribution is 5.50. The summed E-state index contributed by atoms with van der Waals surface area (Å²) >= 11 is 0. The van der Waals surface area contributed by atoms with Gasteiger partial charge in [-0.15, -0.1) is 0 Å². The van der Waals surface area contributed by atoms with E-state index in [-0.39, 0.29) is 6.07 Å². The van der Waals surface area contributed by atoms with E-state index >= 15 is 0 Å². The quantitative estimate of drug-likeness (QED) is 0.697. The number of nitrogens with zero attached hydrogens (tertiary/aromatic N) is 1. The fourth-order valence-electron chi connectivity index (χ4n) is 2.66. The zero-order chi connectivity index (χ0) is 21.5. The predicted molar refractivity (Wildman–Crippen MR) is 86.2 cm³/mol. The van der Waals surface area contributed by atoms with Gasteiger partial charge in [0, 0.05) is 19.8 Å². The van der Waals surface area contributed by atoms with Crippen molar-refractivity contribution in [2.75, 3.05) is 19.0 Å². The van der Waals surface area contributed by atoms with Crippen molar-refractivity contribution in [1.29, 1.82) is 0 Å². The minimum atomic E-state index is -6.23. The molecule has 0 bridgehead atoms. The molecule has 1 N–H and O–H groups in total. The summed E-state index contributed by atoms with van der Waals surface area (Å²) in [5, 5.41) is 10.6. The molecule has 0 aliphatic rings. The lowest BCUT2D eigenvalue weighted by Crippen LogP contribution is -2.55. The van der Waals surface area contributed by atoms with E-state index in [4.69, 9.17) is 0 Å². The van der Waals surface area contributed by atoms with Crippen molar-refractivity contribution < 1.29 is 40.2 Å². The molecule has 0 fully saturated rings. The predicted octanol–water partition coefficient (Wildman–Crippen LogP) is 5.20. The molecule has 2 rings (SSSR count). The van der Waals surface area contributed by atoms with Gasteiger partial charge >= 0.3 is 18.3 Å². The number of halogens is 8. The molecule has 1 unspecified atom stereocenters. The number of hydrogen-bond acceptors (Lipinski definition) is 2. The van der Waals surface area contributed by atoms with Crippen LogP contribution < -0.4 is 4.90 Å². The Bertz CT molecular complexity index is 827. The first-order valence-corrected chi connectivity index (χ1v) is 7.75. The van der Waals surface area contributed by atoms with Crippen molar-refractivity contribution in [1.82, 2.24) is 0 Å². The average Bonchev–Trinajstić information content (AvgIpc) is 2.59. The van der Waals surface area contributed by atoms with Crippen LogP contribution in [0.2, 0.25) is 0 Å². The van der Waals surface area contributed by atoms with Crippen LogP contribution in [-0.2, 0) is 11.8 Å². The molecule has 0 radical (unpaired) electrons. The zero-order valence-corrected chi connectivity index (χ0v) is 14.5. The number of aliphatic hydroxyl groups is 1. The van der Waals surface area contributed by atoms with Gasteiger partial charge in [-0.05, 0) is 35.4 Å². The van der Waals surface area contributed by atoms with Gasteiger partial charge in [0.05, 0.1) is 5.56 Å². The molecule has 10 heteroatoms. The average molecular weight is 413 g/mol. The second kappa shape index (κ2) is 6.91. The fraction of sp³-hybridized carbons (Fsp3) is 0.333. The second-order valence-electron chi connectivity index (χ2n) is 6.30. The molecule has 0 aliphatic carbocycles. The first kappa shape index (κ1) is 21.9. The van der Waals surface area contributed by atoms with Crippen molar-refractivity contribution in [3.63, 3.8) is 0 Å². The Kier molecular flexibility index (Phi) is 5.41. The molecule has 28 heavy (non-hydrogen) atoms. The zero-order valence-electron chi connectivity index (χ0n) is 14.5. The molecule has 154 valence electrons. The Balaban J connectivity index is 2.78. The van der Waals surface area contributed by atoms with Gasteiger partial charge in [-0.3, -0.25) is 0 Å². The van der Waals surface area contributed by atoms with Crippen LogP contribution in [0.5, 0.6) is 0 Å². The van der Waals surface area contributed by atoms with E-state index in [1.165, 1.54) is 17.0 Å². The highest BCUT2D eigenvalue weighted by Crippen LogP contribution is 2.52. The SMILES string of the molecule is CN(C)c1ccc(C(O)(c2cccc(C(F)(F)F)c2)C(F)(F)C(F)(F)F)cc1. The maximum absolute atomic E-state index is 14.4. The van der Waals surface area contributed by atoms with Crippen molar-refractivity contribution in [3.05, 3.63) is 65.2 Å². The van der Waals surface area contributed by atoms with Crippen molar-refractivity contribution in [3.8, 4) is 0 Å². The van der Waals surface area contributed by atoms with Crippen LogP contribution in [0.25, 0.3) is 0 Å². The Morgan fingerprint density at radius 1 is 0.714 bits per heavy atom. The minimum absolute atomic E-state index is 0.0828.